The molecule has 1 aromatic carbocycles. The standard InChI is InChI=1S/C32H43N7O10S/c1-15(2)11-21-27(43)33-16(3)26(42)38-25(17(4)40)29(45)36-23(31(46)47)14-50-30-19(18-7-5-6-8-20(18)37-30)12-22(28(44)35-21)34-24(41)13-39-9-10-49-32(39)48/h5-8,15-17,21-23,25,37,40H,9-14H2,1-4H3,(H,33,43)(H,34,41)(H,35,44)(H,36,45)(H,38,42)(H,46,47)/t16-,17-,21+,22+,23+,25+/m1/s1. The maximum Gasteiger partial charge on any atom is 0.410 e. The first-order valence-corrected chi connectivity index (χ1v) is 17.2. The molecular weight excluding hydrogens is 674 g/mol. The fourth-order valence-corrected chi connectivity index (χ4v) is 6.65. The van der Waals surface area contributed by atoms with Crippen LogP contribution in [0.4, 0.5) is 4.79 Å². The van der Waals surface area contributed by atoms with Gasteiger partial charge in [0.25, 0.3) is 0 Å². The number of thioether (sulfide) groups is 1. The van der Waals surface area contributed by atoms with Gasteiger partial charge >= 0.3 is 12.1 Å². The second-order valence-corrected chi connectivity index (χ2v) is 13.7. The van der Waals surface area contributed by atoms with Crippen LogP contribution in [0.1, 0.15) is 39.7 Å². The lowest BCUT2D eigenvalue weighted by Gasteiger charge is -2.27. The van der Waals surface area contributed by atoms with Crippen molar-refractivity contribution >= 4 is 64.3 Å². The Hall–Kier alpha value is -4.84. The minimum Gasteiger partial charge on any atom is -0.480 e. The van der Waals surface area contributed by atoms with E-state index in [0.29, 0.717) is 21.5 Å². The number of aliphatic hydroxyl groups is 1. The van der Waals surface area contributed by atoms with E-state index in [1.54, 1.807) is 24.3 Å². The van der Waals surface area contributed by atoms with Crippen molar-refractivity contribution in [3.63, 3.8) is 0 Å². The highest BCUT2D eigenvalue weighted by Crippen LogP contribution is 2.31. The summed E-state index contributed by atoms with van der Waals surface area (Å²) in [7, 11) is 0. The van der Waals surface area contributed by atoms with Crippen LogP contribution in [-0.4, -0.2) is 123 Å². The highest BCUT2D eigenvalue weighted by atomic mass is 32.2. The van der Waals surface area contributed by atoms with Crippen molar-refractivity contribution < 1.29 is 48.5 Å². The summed E-state index contributed by atoms with van der Waals surface area (Å²) in [6.07, 6.45) is -2.05. The van der Waals surface area contributed by atoms with Crippen LogP contribution in [0.2, 0.25) is 0 Å². The summed E-state index contributed by atoms with van der Waals surface area (Å²) in [6.45, 7) is 6.19. The van der Waals surface area contributed by atoms with E-state index in [9.17, 15) is 43.8 Å². The summed E-state index contributed by atoms with van der Waals surface area (Å²) in [4.78, 5) is 95.7. The Morgan fingerprint density at radius 2 is 1.72 bits per heavy atom. The smallest absolute Gasteiger partial charge is 0.410 e. The van der Waals surface area contributed by atoms with Crippen molar-refractivity contribution in [3.8, 4) is 0 Å². The number of carboxylic acid groups (broad SMARTS) is 1. The molecule has 2 aliphatic heterocycles. The zero-order chi connectivity index (χ0) is 36.7. The Kier molecular flexibility index (Phi) is 12.7. The third kappa shape index (κ3) is 9.65. The number of hydrogen-bond donors (Lipinski definition) is 8. The van der Waals surface area contributed by atoms with Gasteiger partial charge in [0.15, 0.2) is 0 Å². The molecule has 17 nitrogen and oxygen atoms in total. The van der Waals surface area contributed by atoms with Crippen LogP contribution in [0, 0.1) is 5.92 Å². The molecule has 6 atom stereocenters. The number of ether oxygens (including phenoxy) is 1. The summed E-state index contributed by atoms with van der Waals surface area (Å²) < 4.78 is 4.91. The summed E-state index contributed by atoms with van der Waals surface area (Å²) >= 11 is 1.04. The number of amides is 6. The lowest BCUT2D eigenvalue weighted by molar-refractivity contribution is -0.142. The van der Waals surface area contributed by atoms with Crippen LogP contribution in [0.3, 0.4) is 0 Å². The molecule has 2 aliphatic rings. The maximum atomic E-state index is 14.0. The van der Waals surface area contributed by atoms with E-state index < -0.39 is 77.9 Å². The highest BCUT2D eigenvalue weighted by molar-refractivity contribution is 7.99. The van der Waals surface area contributed by atoms with Crippen molar-refractivity contribution in [1.29, 1.82) is 0 Å². The zero-order valence-corrected chi connectivity index (χ0v) is 28.9. The van der Waals surface area contributed by atoms with Crippen molar-refractivity contribution in [2.24, 2.45) is 5.92 Å². The number of hydrogen-bond acceptors (Lipinski definition) is 10. The fraction of sp³-hybridized carbons (Fsp3) is 0.531. The van der Waals surface area contributed by atoms with Crippen LogP contribution >= 0.6 is 11.8 Å². The third-order valence-corrected chi connectivity index (χ3v) is 9.31. The van der Waals surface area contributed by atoms with Crippen LogP contribution in [0.15, 0.2) is 29.3 Å². The van der Waals surface area contributed by atoms with Crippen LogP contribution in [0.5, 0.6) is 0 Å². The molecule has 0 bridgehead atoms. The molecule has 6 amide bonds. The number of carbonyl (C=O) groups is 7. The highest BCUT2D eigenvalue weighted by Gasteiger charge is 2.35. The number of aliphatic hydroxyl groups excluding tert-OH is 1. The first-order chi connectivity index (χ1) is 23.6. The Morgan fingerprint density at radius 3 is 2.36 bits per heavy atom. The fourth-order valence-electron chi connectivity index (χ4n) is 5.54. The van der Waals surface area contributed by atoms with E-state index in [-0.39, 0.29) is 44.2 Å². The number of carboxylic acids is 1. The molecule has 2 aromatic rings. The molecule has 1 fully saturated rings. The van der Waals surface area contributed by atoms with E-state index in [1.165, 1.54) is 18.7 Å². The minimum absolute atomic E-state index is 0.0932. The van der Waals surface area contributed by atoms with Crippen LogP contribution in [-0.2, 0) is 39.9 Å². The molecule has 8 N–H and O–H groups in total. The quantitative estimate of drug-likeness (QED) is 0.177. The number of para-hydroxylation sites is 1. The van der Waals surface area contributed by atoms with E-state index in [0.717, 1.165) is 11.8 Å². The molecule has 1 saturated heterocycles. The number of benzene rings is 1. The number of aliphatic carboxylic acids is 1. The summed E-state index contributed by atoms with van der Waals surface area (Å²) in [5.74, 6) is -5.56. The predicted molar refractivity (Wildman–Crippen MR) is 180 cm³/mol. The second kappa shape index (κ2) is 16.7. The van der Waals surface area contributed by atoms with E-state index in [4.69, 9.17) is 4.74 Å². The van der Waals surface area contributed by atoms with Gasteiger partial charge in [-0.1, -0.05) is 32.0 Å². The number of nitrogens with one attached hydrogen (secondary N) is 6. The van der Waals surface area contributed by atoms with Gasteiger partial charge in [-0.2, -0.15) is 0 Å². The van der Waals surface area contributed by atoms with Gasteiger partial charge < -0.3 is 46.5 Å². The molecule has 18 heteroatoms. The Balaban J connectivity index is 1.76. The first kappa shape index (κ1) is 38.0. The second-order valence-electron chi connectivity index (χ2n) is 12.7. The van der Waals surface area contributed by atoms with Gasteiger partial charge in [-0.15, -0.1) is 11.8 Å². The molecule has 1 aromatic heterocycles. The summed E-state index contributed by atoms with van der Waals surface area (Å²) in [5.41, 5.74) is 1.20. The molecule has 272 valence electrons. The van der Waals surface area contributed by atoms with E-state index in [2.05, 4.69) is 31.6 Å². The zero-order valence-electron chi connectivity index (χ0n) is 28.1. The number of aromatic amines is 1. The predicted octanol–water partition coefficient (Wildman–Crippen LogP) is -0.776. The number of fused-ring (bicyclic) bond motifs is 3. The molecule has 0 saturated carbocycles. The Labute approximate surface area is 292 Å². The van der Waals surface area contributed by atoms with Gasteiger partial charge in [0.2, 0.25) is 29.5 Å². The summed E-state index contributed by atoms with van der Waals surface area (Å²) in [5, 5.41) is 34.1. The molecule has 0 unspecified atom stereocenters. The molecule has 4 rings (SSSR count). The molecule has 0 radical (unpaired) electrons. The SMILES string of the molecule is CC(C)C[C@@H]1NC(=O)[C@@H](NC(=O)CN2CCOC2=O)Cc2c([nH]c3ccccc23)SC[C@@H](C(=O)O)NC(=O)[C@H]([C@@H](C)O)NC(=O)[C@@H](C)NC1=O. The van der Waals surface area contributed by atoms with Gasteiger partial charge in [0.05, 0.1) is 17.7 Å². The lowest BCUT2D eigenvalue weighted by Crippen LogP contribution is -2.60. The molecule has 0 spiro atoms. The van der Waals surface area contributed by atoms with Gasteiger partial charge in [0.1, 0.15) is 43.4 Å². The van der Waals surface area contributed by atoms with E-state index in [1.807, 2.05) is 13.8 Å². The Morgan fingerprint density at radius 1 is 1.00 bits per heavy atom. The van der Waals surface area contributed by atoms with Gasteiger partial charge in [-0.25, -0.2) is 9.59 Å². The number of H-pyrrole nitrogens is 1. The van der Waals surface area contributed by atoms with Crippen molar-refractivity contribution in [2.75, 3.05) is 25.4 Å². The number of nitrogens with zero attached hydrogens (tertiary/aromatic N) is 1. The molecule has 0 aliphatic carbocycles. The van der Waals surface area contributed by atoms with Crippen molar-refractivity contribution in [1.82, 2.24) is 36.5 Å². The summed E-state index contributed by atoms with van der Waals surface area (Å²) in [6, 6.07) is 0.438. The molecule has 3 heterocycles. The van der Waals surface area contributed by atoms with E-state index >= 15 is 0 Å². The molecule has 50 heavy (non-hydrogen) atoms. The number of cyclic esters (lactones) is 1. The Bertz CT molecular complexity index is 1630. The maximum absolute atomic E-state index is 14.0. The monoisotopic (exact) mass is 717 g/mol. The van der Waals surface area contributed by atoms with Gasteiger partial charge in [-0.05, 0) is 37.8 Å². The van der Waals surface area contributed by atoms with Crippen molar-refractivity contribution in [2.45, 2.75) is 81.9 Å². The van der Waals surface area contributed by atoms with Crippen LogP contribution in [0.25, 0.3) is 10.9 Å². The number of carbonyl (C=O) groups excluding carboxylic acids is 6. The third-order valence-electron chi connectivity index (χ3n) is 8.18. The minimum atomic E-state index is -1.55. The first-order valence-electron chi connectivity index (χ1n) is 16.2. The average Bonchev–Trinajstić information content (AvgIpc) is 3.61. The van der Waals surface area contributed by atoms with Gasteiger partial charge in [-0.3, -0.25) is 28.9 Å². The number of rotatable bonds is 7. The number of aromatic nitrogens is 1. The largest absolute Gasteiger partial charge is 0.480 e. The normalized spacial score (nSPS) is 25.0. The lowest BCUT2D eigenvalue weighted by atomic mass is 10.0. The van der Waals surface area contributed by atoms with Crippen LogP contribution < -0.4 is 26.6 Å². The van der Waals surface area contributed by atoms with Crippen molar-refractivity contribution in [3.05, 3.63) is 29.8 Å². The average molecular weight is 718 g/mol. The topological polar surface area (TPSA) is 248 Å². The van der Waals surface area contributed by atoms with Gasteiger partial charge in [0, 0.05) is 23.1 Å². The molecular formula is C32H43N7O10S.